The summed E-state index contributed by atoms with van der Waals surface area (Å²) < 4.78 is 40.9. The van der Waals surface area contributed by atoms with Crippen LogP contribution in [0.5, 0.6) is 0 Å². The van der Waals surface area contributed by atoms with Gasteiger partial charge in [-0.05, 0) is 43.1 Å². The highest BCUT2D eigenvalue weighted by molar-refractivity contribution is 6.04. The molecule has 2 heterocycles. The first-order valence-corrected chi connectivity index (χ1v) is 9.86. The second kappa shape index (κ2) is 9.74. The van der Waals surface area contributed by atoms with Gasteiger partial charge in [0, 0.05) is 24.0 Å². The summed E-state index contributed by atoms with van der Waals surface area (Å²) >= 11 is 0. The van der Waals surface area contributed by atoms with Gasteiger partial charge in [0.1, 0.15) is 11.5 Å². The number of hydrogen-bond donors (Lipinski definition) is 3. The van der Waals surface area contributed by atoms with Crippen molar-refractivity contribution >= 4 is 11.9 Å². The van der Waals surface area contributed by atoms with Crippen molar-refractivity contribution in [3.63, 3.8) is 0 Å². The van der Waals surface area contributed by atoms with Crippen LogP contribution in [0.15, 0.2) is 36.5 Å². The second-order valence-corrected chi connectivity index (χ2v) is 7.59. The summed E-state index contributed by atoms with van der Waals surface area (Å²) in [4.78, 5) is 23.6. The van der Waals surface area contributed by atoms with Crippen molar-refractivity contribution in [1.82, 2.24) is 20.3 Å². The van der Waals surface area contributed by atoms with Crippen LogP contribution in [0.3, 0.4) is 0 Å². The third-order valence-electron chi connectivity index (χ3n) is 4.55. The SMILES string of the molecule is Cc1[nH]c(NC(=O)c2cc(CNCC(C)C)cnc2C(F)F)nc1-c1ccccc1F. The lowest BCUT2D eigenvalue weighted by Gasteiger charge is -2.11. The van der Waals surface area contributed by atoms with Crippen LogP contribution in [0.4, 0.5) is 19.1 Å². The van der Waals surface area contributed by atoms with Gasteiger partial charge < -0.3 is 10.3 Å². The molecule has 3 rings (SSSR count). The summed E-state index contributed by atoms with van der Waals surface area (Å²) in [5, 5.41) is 5.67. The van der Waals surface area contributed by atoms with Gasteiger partial charge in [0.15, 0.2) is 0 Å². The van der Waals surface area contributed by atoms with E-state index in [1.807, 2.05) is 13.8 Å². The van der Waals surface area contributed by atoms with Gasteiger partial charge in [0.2, 0.25) is 5.95 Å². The fraction of sp³-hybridized carbons (Fsp3) is 0.318. The number of alkyl halides is 2. The molecule has 0 radical (unpaired) electrons. The number of pyridine rings is 1. The van der Waals surface area contributed by atoms with Crippen molar-refractivity contribution in [3.05, 3.63) is 64.9 Å². The molecule has 0 atom stereocenters. The number of amides is 1. The van der Waals surface area contributed by atoms with E-state index in [1.54, 1.807) is 25.1 Å². The first-order valence-electron chi connectivity index (χ1n) is 9.86. The number of imidazole rings is 1. The van der Waals surface area contributed by atoms with E-state index in [1.165, 1.54) is 18.3 Å². The van der Waals surface area contributed by atoms with Crippen LogP contribution in [0.2, 0.25) is 0 Å². The van der Waals surface area contributed by atoms with Gasteiger partial charge in [-0.2, -0.15) is 0 Å². The number of aromatic amines is 1. The first kappa shape index (κ1) is 22.5. The third kappa shape index (κ3) is 5.49. The molecule has 9 heteroatoms. The third-order valence-corrected chi connectivity index (χ3v) is 4.55. The molecule has 0 unspecified atom stereocenters. The highest BCUT2D eigenvalue weighted by atomic mass is 19.3. The maximum absolute atomic E-state index is 14.1. The van der Waals surface area contributed by atoms with E-state index >= 15 is 0 Å². The van der Waals surface area contributed by atoms with Crippen LogP contribution in [0.25, 0.3) is 11.3 Å². The standard InChI is InChI=1S/C22H24F3N5O/c1-12(2)9-26-10-14-8-16(19(20(24)25)27-11-14)21(31)30-22-28-13(3)18(29-22)15-6-4-5-7-17(15)23/h4-8,11-12,20,26H,9-10H2,1-3H3,(H2,28,29,30,31). The van der Waals surface area contributed by atoms with Crippen molar-refractivity contribution in [2.75, 3.05) is 11.9 Å². The van der Waals surface area contributed by atoms with Crippen molar-refractivity contribution in [2.24, 2.45) is 5.92 Å². The number of aromatic nitrogens is 3. The number of nitrogens with zero attached hydrogens (tertiary/aromatic N) is 2. The van der Waals surface area contributed by atoms with Gasteiger partial charge in [0.05, 0.1) is 11.3 Å². The molecule has 0 aliphatic carbocycles. The summed E-state index contributed by atoms with van der Waals surface area (Å²) in [6.07, 6.45) is -1.58. The quantitative estimate of drug-likeness (QED) is 0.476. The molecule has 1 aromatic carbocycles. The first-order chi connectivity index (χ1) is 14.8. The second-order valence-electron chi connectivity index (χ2n) is 7.59. The van der Waals surface area contributed by atoms with Crippen molar-refractivity contribution in [1.29, 1.82) is 0 Å². The molecule has 6 nitrogen and oxygen atoms in total. The molecule has 164 valence electrons. The van der Waals surface area contributed by atoms with Gasteiger partial charge in [-0.1, -0.05) is 26.0 Å². The molecular formula is C22H24F3N5O. The Hall–Kier alpha value is -3.20. The van der Waals surface area contributed by atoms with E-state index in [4.69, 9.17) is 0 Å². The largest absolute Gasteiger partial charge is 0.328 e. The number of H-pyrrole nitrogens is 1. The molecule has 1 amide bonds. The van der Waals surface area contributed by atoms with Crippen molar-refractivity contribution in [3.8, 4) is 11.3 Å². The van der Waals surface area contributed by atoms with E-state index in [0.29, 0.717) is 29.4 Å². The normalized spacial score (nSPS) is 11.4. The van der Waals surface area contributed by atoms with E-state index in [-0.39, 0.29) is 17.1 Å². The molecule has 3 aromatic rings. The molecule has 0 saturated heterocycles. The zero-order chi connectivity index (χ0) is 22.5. The van der Waals surface area contributed by atoms with Crippen LogP contribution in [-0.2, 0) is 6.54 Å². The number of carbonyl (C=O) groups is 1. The molecule has 0 bridgehead atoms. The summed E-state index contributed by atoms with van der Waals surface area (Å²) in [6, 6.07) is 7.50. The summed E-state index contributed by atoms with van der Waals surface area (Å²) in [6.45, 7) is 6.91. The lowest BCUT2D eigenvalue weighted by molar-refractivity contribution is 0.100. The summed E-state index contributed by atoms with van der Waals surface area (Å²) in [5.41, 5.74) is 0.886. The number of benzene rings is 1. The smallest absolute Gasteiger partial charge is 0.281 e. The fourth-order valence-electron chi connectivity index (χ4n) is 3.09. The minimum absolute atomic E-state index is 0.0318. The minimum atomic E-state index is -2.91. The Bertz CT molecular complexity index is 1070. The number of aryl methyl sites for hydroxylation is 1. The molecule has 0 fully saturated rings. The van der Waals surface area contributed by atoms with E-state index in [0.717, 1.165) is 6.54 Å². The van der Waals surface area contributed by atoms with Crippen LogP contribution >= 0.6 is 0 Å². The predicted molar refractivity (Wildman–Crippen MR) is 112 cm³/mol. The number of anilines is 1. The zero-order valence-corrected chi connectivity index (χ0v) is 17.5. The molecular weight excluding hydrogens is 407 g/mol. The van der Waals surface area contributed by atoms with Gasteiger partial charge >= 0.3 is 0 Å². The molecule has 3 N–H and O–H groups in total. The van der Waals surface area contributed by atoms with E-state index in [2.05, 4.69) is 25.6 Å². The molecule has 0 aliphatic rings. The highest BCUT2D eigenvalue weighted by Gasteiger charge is 2.22. The predicted octanol–water partition coefficient (Wildman–Crippen LogP) is 4.85. The lowest BCUT2D eigenvalue weighted by atomic mass is 10.1. The summed E-state index contributed by atoms with van der Waals surface area (Å²) in [5.74, 6) is -0.783. The fourth-order valence-corrected chi connectivity index (χ4v) is 3.09. The van der Waals surface area contributed by atoms with E-state index in [9.17, 15) is 18.0 Å². The number of carbonyl (C=O) groups excluding carboxylic acids is 1. The van der Waals surface area contributed by atoms with Crippen LogP contribution in [0, 0.1) is 18.7 Å². The Morgan fingerprint density at radius 3 is 2.65 bits per heavy atom. The van der Waals surface area contributed by atoms with E-state index < -0.39 is 23.8 Å². The van der Waals surface area contributed by atoms with Gasteiger partial charge in [-0.3, -0.25) is 15.1 Å². The van der Waals surface area contributed by atoms with Gasteiger partial charge in [0.25, 0.3) is 12.3 Å². The highest BCUT2D eigenvalue weighted by Crippen LogP contribution is 2.26. The average molecular weight is 431 g/mol. The van der Waals surface area contributed by atoms with Crippen LogP contribution < -0.4 is 10.6 Å². The van der Waals surface area contributed by atoms with Crippen LogP contribution in [0.1, 0.15) is 47.6 Å². The number of rotatable bonds is 8. The zero-order valence-electron chi connectivity index (χ0n) is 17.5. The van der Waals surface area contributed by atoms with Gasteiger partial charge in [-0.15, -0.1) is 0 Å². The summed E-state index contributed by atoms with van der Waals surface area (Å²) in [7, 11) is 0. The Labute approximate surface area is 178 Å². The Balaban J connectivity index is 1.84. The number of nitrogens with one attached hydrogen (secondary N) is 3. The minimum Gasteiger partial charge on any atom is -0.328 e. The molecule has 31 heavy (non-hydrogen) atoms. The monoisotopic (exact) mass is 431 g/mol. The number of halogens is 3. The Kier molecular flexibility index (Phi) is 7.06. The van der Waals surface area contributed by atoms with Crippen molar-refractivity contribution in [2.45, 2.75) is 33.7 Å². The molecule has 0 saturated carbocycles. The maximum atomic E-state index is 14.1. The molecule has 0 spiro atoms. The Morgan fingerprint density at radius 2 is 1.97 bits per heavy atom. The van der Waals surface area contributed by atoms with Gasteiger partial charge in [-0.25, -0.2) is 18.2 Å². The maximum Gasteiger partial charge on any atom is 0.281 e. The average Bonchev–Trinajstić information content (AvgIpc) is 3.07. The molecule has 0 aliphatic heterocycles. The molecule has 2 aromatic heterocycles. The number of hydrogen-bond acceptors (Lipinski definition) is 4. The topological polar surface area (TPSA) is 82.7 Å². The van der Waals surface area contributed by atoms with Crippen molar-refractivity contribution < 1.29 is 18.0 Å². The lowest BCUT2D eigenvalue weighted by Crippen LogP contribution is -2.21. The Morgan fingerprint density at radius 1 is 1.23 bits per heavy atom. The van der Waals surface area contributed by atoms with Crippen LogP contribution in [-0.4, -0.2) is 27.4 Å².